The van der Waals surface area contributed by atoms with Crippen LogP contribution in [-0.4, -0.2) is 21.0 Å². The van der Waals surface area contributed by atoms with Gasteiger partial charge in [-0.1, -0.05) is 0 Å². The highest BCUT2D eigenvalue weighted by Gasteiger charge is 2.13. The normalized spacial score (nSPS) is 10.5. The van der Waals surface area contributed by atoms with Crippen LogP contribution < -0.4 is 0 Å². The third-order valence-electron chi connectivity index (χ3n) is 2.46. The van der Waals surface area contributed by atoms with Crippen LogP contribution in [-0.2, 0) is 11.2 Å². The maximum atomic E-state index is 10.7. The van der Waals surface area contributed by atoms with Crippen LogP contribution in [0.25, 0.3) is 10.6 Å². The second-order valence-electron chi connectivity index (χ2n) is 3.79. The van der Waals surface area contributed by atoms with E-state index in [1.165, 1.54) is 11.3 Å². The standard InChI is InChI=1S/C12H12N2O2S/c1-7-6-13-4-3-9(7)12-14-8(2)10(17-12)5-11(15)16/h3-4,6H,5H2,1-2H3,(H,15,16). The van der Waals surface area contributed by atoms with Crippen molar-refractivity contribution in [1.82, 2.24) is 9.97 Å². The molecule has 5 heteroatoms. The van der Waals surface area contributed by atoms with Crippen molar-refractivity contribution in [3.63, 3.8) is 0 Å². The molecule has 0 fully saturated rings. The van der Waals surface area contributed by atoms with E-state index in [4.69, 9.17) is 5.11 Å². The fourth-order valence-electron chi connectivity index (χ4n) is 1.56. The first-order valence-corrected chi connectivity index (χ1v) is 5.98. The zero-order valence-corrected chi connectivity index (χ0v) is 10.4. The van der Waals surface area contributed by atoms with Crippen molar-refractivity contribution >= 4 is 17.3 Å². The van der Waals surface area contributed by atoms with Crippen molar-refractivity contribution in [2.75, 3.05) is 0 Å². The Labute approximate surface area is 103 Å². The lowest BCUT2D eigenvalue weighted by Gasteiger charge is -1.99. The van der Waals surface area contributed by atoms with Crippen LogP contribution >= 0.6 is 11.3 Å². The Kier molecular flexibility index (Phi) is 3.19. The summed E-state index contributed by atoms with van der Waals surface area (Å²) < 4.78 is 0. The minimum Gasteiger partial charge on any atom is -0.481 e. The number of hydrogen-bond donors (Lipinski definition) is 1. The van der Waals surface area contributed by atoms with E-state index in [1.54, 1.807) is 12.4 Å². The molecule has 0 radical (unpaired) electrons. The maximum absolute atomic E-state index is 10.7. The third kappa shape index (κ3) is 2.50. The number of aryl methyl sites for hydroxylation is 2. The summed E-state index contributed by atoms with van der Waals surface area (Å²) in [6.07, 6.45) is 3.53. The summed E-state index contributed by atoms with van der Waals surface area (Å²) in [6.45, 7) is 3.81. The van der Waals surface area contributed by atoms with Gasteiger partial charge < -0.3 is 5.11 Å². The molecule has 0 aliphatic rings. The van der Waals surface area contributed by atoms with Crippen LogP contribution in [0.1, 0.15) is 16.1 Å². The summed E-state index contributed by atoms with van der Waals surface area (Å²) in [5.74, 6) is -0.824. The maximum Gasteiger partial charge on any atom is 0.308 e. The lowest BCUT2D eigenvalue weighted by atomic mass is 10.2. The Hall–Kier alpha value is -1.75. The minimum absolute atomic E-state index is 0.0353. The molecule has 0 saturated carbocycles. The van der Waals surface area contributed by atoms with Gasteiger partial charge in [0.15, 0.2) is 0 Å². The lowest BCUT2D eigenvalue weighted by Crippen LogP contribution is -1.99. The first kappa shape index (κ1) is 11.7. The van der Waals surface area contributed by atoms with E-state index in [0.717, 1.165) is 26.7 Å². The van der Waals surface area contributed by atoms with Gasteiger partial charge in [-0.25, -0.2) is 4.98 Å². The van der Waals surface area contributed by atoms with E-state index < -0.39 is 5.97 Å². The Morgan fingerprint density at radius 2 is 2.24 bits per heavy atom. The topological polar surface area (TPSA) is 63.1 Å². The van der Waals surface area contributed by atoms with Crippen LogP contribution in [0, 0.1) is 13.8 Å². The van der Waals surface area contributed by atoms with E-state index >= 15 is 0 Å². The molecule has 0 atom stereocenters. The Morgan fingerprint density at radius 3 is 2.88 bits per heavy atom. The van der Waals surface area contributed by atoms with Gasteiger partial charge in [0, 0.05) is 22.8 Å². The number of carboxylic acids is 1. The number of carbonyl (C=O) groups is 1. The summed E-state index contributed by atoms with van der Waals surface area (Å²) in [5, 5.41) is 9.65. The van der Waals surface area contributed by atoms with Gasteiger partial charge in [0.1, 0.15) is 5.01 Å². The molecular weight excluding hydrogens is 236 g/mol. The summed E-state index contributed by atoms with van der Waals surface area (Å²) in [5.41, 5.74) is 2.86. The van der Waals surface area contributed by atoms with Crippen molar-refractivity contribution < 1.29 is 9.90 Å². The summed E-state index contributed by atoms with van der Waals surface area (Å²) >= 11 is 1.44. The molecular formula is C12H12N2O2S. The van der Waals surface area contributed by atoms with Gasteiger partial charge in [0.2, 0.25) is 0 Å². The minimum atomic E-state index is -0.824. The van der Waals surface area contributed by atoms with Crippen LogP contribution in [0.2, 0.25) is 0 Å². The lowest BCUT2D eigenvalue weighted by molar-refractivity contribution is -0.136. The molecule has 0 amide bonds. The molecule has 2 rings (SSSR count). The molecule has 17 heavy (non-hydrogen) atoms. The second-order valence-corrected chi connectivity index (χ2v) is 4.87. The number of nitrogens with zero attached hydrogens (tertiary/aromatic N) is 2. The highest BCUT2D eigenvalue weighted by atomic mass is 32.1. The molecule has 1 N–H and O–H groups in total. The van der Waals surface area contributed by atoms with Crippen LogP contribution in [0.3, 0.4) is 0 Å². The Balaban J connectivity index is 2.41. The molecule has 0 aliphatic heterocycles. The molecule has 2 aromatic heterocycles. The van der Waals surface area contributed by atoms with E-state index in [1.807, 2.05) is 19.9 Å². The second kappa shape index (κ2) is 4.63. The summed E-state index contributed by atoms with van der Waals surface area (Å²) in [6, 6.07) is 1.90. The van der Waals surface area contributed by atoms with E-state index in [-0.39, 0.29) is 6.42 Å². The van der Waals surface area contributed by atoms with Crippen LogP contribution in [0.4, 0.5) is 0 Å². The number of aliphatic carboxylic acids is 1. The van der Waals surface area contributed by atoms with Crippen LogP contribution in [0.5, 0.6) is 0 Å². The van der Waals surface area contributed by atoms with Crippen molar-refractivity contribution in [2.45, 2.75) is 20.3 Å². The van der Waals surface area contributed by atoms with Gasteiger partial charge in [0.05, 0.1) is 12.1 Å². The van der Waals surface area contributed by atoms with E-state index in [2.05, 4.69) is 9.97 Å². The van der Waals surface area contributed by atoms with E-state index in [0.29, 0.717) is 0 Å². The van der Waals surface area contributed by atoms with Crippen molar-refractivity contribution in [3.05, 3.63) is 34.6 Å². The predicted octanol–water partition coefficient (Wildman–Crippen LogP) is 2.45. The quantitative estimate of drug-likeness (QED) is 0.906. The Bertz CT molecular complexity index is 563. The fourth-order valence-corrected chi connectivity index (χ4v) is 2.70. The SMILES string of the molecule is Cc1cnccc1-c1nc(C)c(CC(=O)O)s1. The molecule has 0 saturated heterocycles. The Morgan fingerprint density at radius 1 is 1.47 bits per heavy atom. The van der Waals surface area contributed by atoms with Gasteiger partial charge in [-0.15, -0.1) is 11.3 Å². The van der Waals surface area contributed by atoms with Gasteiger partial charge >= 0.3 is 5.97 Å². The highest BCUT2D eigenvalue weighted by molar-refractivity contribution is 7.15. The van der Waals surface area contributed by atoms with Crippen molar-refractivity contribution in [1.29, 1.82) is 0 Å². The summed E-state index contributed by atoms with van der Waals surface area (Å²) in [7, 11) is 0. The molecule has 0 unspecified atom stereocenters. The largest absolute Gasteiger partial charge is 0.481 e. The number of hydrogen-bond acceptors (Lipinski definition) is 4. The first-order valence-electron chi connectivity index (χ1n) is 5.17. The van der Waals surface area contributed by atoms with Crippen LogP contribution in [0.15, 0.2) is 18.5 Å². The smallest absolute Gasteiger partial charge is 0.308 e. The number of aromatic nitrogens is 2. The summed E-state index contributed by atoms with van der Waals surface area (Å²) in [4.78, 5) is 20.0. The first-order chi connectivity index (χ1) is 8.08. The number of pyridine rings is 1. The molecule has 0 aliphatic carbocycles. The average Bonchev–Trinajstić information content (AvgIpc) is 2.60. The molecule has 2 heterocycles. The highest BCUT2D eigenvalue weighted by Crippen LogP contribution is 2.29. The zero-order valence-electron chi connectivity index (χ0n) is 9.60. The number of carboxylic acid groups (broad SMARTS) is 1. The monoisotopic (exact) mass is 248 g/mol. The average molecular weight is 248 g/mol. The van der Waals surface area contributed by atoms with Gasteiger partial charge in [-0.05, 0) is 25.5 Å². The molecule has 0 spiro atoms. The fraction of sp³-hybridized carbons (Fsp3) is 0.250. The third-order valence-corrected chi connectivity index (χ3v) is 3.65. The predicted molar refractivity (Wildman–Crippen MR) is 66.2 cm³/mol. The van der Waals surface area contributed by atoms with Crippen molar-refractivity contribution in [2.24, 2.45) is 0 Å². The zero-order chi connectivity index (χ0) is 12.4. The van der Waals surface area contributed by atoms with E-state index in [9.17, 15) is 4.79 Å². The number of rotatable bonds is 3. The number of thiazole rings is 1. The molecule has 4 nitrogen and oxygen atoms in total. The molecule has 0 bridgehead atoms. The van der Waals surface area contributed by atoms with Gasteiger partial charge in [0.25, 0.3) is 0 Å². The van der Waals surface area contributed by atoms with Gasteiger partial charge in [-0.2, -0.15) is 0 Å². The van der Waals surface area contributed by atoms with Gasteiger partial charge in [-0.3, -0.25) is 9.78 Å². The molecule has 0 aromatic carbocycles. The van der Waals surface area contributed by atoms with Crippen molar-refractivity contribution in [3.8, 4) is 10.6 Å². The molecule has 88 valence electrons. The molecule has 2 aromatic rings.